The average molecular weight is 491 g/mol. The highest BCUT2D eigenvalue weighted by atomic mass is 79.9. The van der Waals surface area contributed by atoms with Gasteiger partial charge in [0.25, 0.3) is 0 Å². The number of nitrogens with zero attached hydrogens (tertiary/aromatic N) is 1. The molecule has 2 rings (SSSR count). The number of nitrogens with one attached hydrogen (secondary N) is 1. The van der Waals surface area contributed by atoms with Crippen LogP contribution in [0.25, 0.3) is 0 Å². The lowest BCUT2D eigenvalue weighted by atomic mass is 10.1. The van der Waals surface area contributed by atoms with Gasteiger partial charge in [-0.3, -0.25) is 9.59 Å². The lowest BCUT2D eigenvalue weighted by Gasteiger charge is -2.29. The molecule has 0 fully saturated rings. The molecule has 2 amide bonds. The minimum absolute atomic E-state index is 0.0691. The number of carbonyl (C=O) groups excluding carboxylic acids is 2. The van der Waals surface area contributed by atoms with E-state index in [-0.39, 0.29) is 11.8 Å². The van der Waals surface area contributed by atoms with Gasteiger partial charge in [-0.2, -0.15) is 0 Å². The highest BCUT2D eigenvalue weighted by Crippen LogP contribution is 2.18. The Morgan fingerprint density at radius 1 is 1.06 bits per heavy atom. The first-order valence-electron chi connectivity index (χ1n) is 10.5. The maximum Gasteiger partial charge on any atom is 0.242 e. The summed E-state index contributed by atoms with van der Waals surface area (Å²) < 4.78 is 11.8. The molecule has 0 bridgehead atoms. The van der Waals surface area contributed by atoms with Crippen LogP contribution in [0.1, 0.15) is 38.7 Å². The van der Waals surface area contributed by atoms with Crippen molar-refractivity contribution in [2.75, 3.05) is 20.3 Å². The van der Waals surface area contributed by atoms with Gasteiger partial charge in [-0.25, -0.2) is 0 Å². The van der Waals surface area contributed by atoms with Gasteiger partial charge in [-0.05, 0) is 61.7 Å². The van der Waals surface area contributed by atoms with Crippen molar-refractivity contribution >= 4 is 27.7 Å². The van der Waals surface area contributed by atoms with Crippen LogP contribution < -0.4 is 14.8 Å². The number of halogens is 1. The van der Waals surface area contributed by atoms with E-state index in [1.807, 2.05) is 55.5 Å². The molecule has 0 saturated carbocycles. The van der Waals surface area contributed by atoms with Crippen molar-refractivity contribution in [3.8, 4) is 11.5 Å². The molecule has 2 aromatic carbocycles. The standard InChI is InChI=1S/C24H31BrN2O4/c1-4-15-26-24(29)18(2)27(17-19-7-9-20(25)10-8-19)23(28)6-5-16-31-22-13-11-21(30-3)12-14-22/h7-14,18H,4-6,15-17H2,1-3H3,(H,26,29). The third-order valence-corrected chi connectivity index (χ3v) is 5.37. The molecule has 1 N–H and O–H groups in total. The molecule has 0 aromatic heterocycles. The molecular weight excluding hydrogens is 460 g/mol. The molecule has 0 heterocycles. The smallest absolute Gasteiger partial charge is 0.242 e. The Morgan fingerprint density at radius 2 is 1.71 bits per heavy atom. The first-order chi connectivity index (χ1) is 14.9. The van der Waals surface area contributed by atoms with Crippen LogP contribution in [0.5, 0.6) is 11.5 Å². The molecule has 2 aromatic rings. The van der Waals surface area contributed by atoms with Crippen molar-refractivity contribution in [3.63, 3.8) is 0 Å². The highest BCUT2D eigenvalue weighted by molar-refractivity contribution is 9.10. The van der Waals surface area contributed by atoms with E-state index in [9.17, 15) is 9.59 Å². The number of carbonyl (C=O) groups is 2. The molecule has 0 aliphatic rings. The molecule has 0 radical (unpaired) electrons. The van der Waals surface area contributed by atoms with Crippen LogP contribution >= 0.6 is 15.9 Å². The van der Waals surface area contributed by atoms with E-state index in [0.29, 0.717) is 32.5 Å². The minimum atomic E-state index is -0.551. The summed E-state index contributed by atoms with van der Waals surface area (Å²) in [7, 11) is 1.62. The van der Waals surface area contributed by atoms with Gasteiger partial charge >= 0.3 is 0 Å². The minimum Gasteiger partial charge on any atom is -0.497 e. The topological polar surface area (TPSA) is 67.9 Å². The number of benzene rings is 2. The maximum atomic E-state index is 13.0. The molecule has 0 spiro atoms. The quantitative estimate of drug-likeness (QED) is 0.442. The summed E-state index contributed by atoms with van der Waals surface area (Å²) in [5.41, 5.74) is 0.973. The Kier molecular flexibility index (Phi) is 10.4. The molecule has 6 nitrogen and oxygen atoms in total. The predicted octanol–water partition coefficient (Wildman–Crippen LogP) is 4.56. The Balaban J connectivity index is 1.95. The first-order valence-corrected chi connectivity index (χ1v) is 11.3. The zero-order chi connectivity index (χ0) is 22.6. The number of rotatable bonds is 12. The third-order valence-electron chi connectivity index (χ3n) is 4.85. The molecule has 0 aliphatic heterocycles. The van der Waals surface area contributed by atoms with Gasteiger partial charge in [0, 0.05) is 24.0 Å². The lowest BCUT2D eigenvalue weighted by molar-refractivity contribution is -0.140. The fourth-order valence-electron chi connectivity index (χ4n) is 2.99. The van der Waals surface area contributed by atoms with Gasteiger partial charge in [0.05, 0.1) is 13.7 Å². The van der Waals surface area contributed by atoms with Crippen LogP contribution in [0.2, 0.25) is 0 Å². The summed E-state index contributed by atoms with van der Waals surface area (Å²) in [4.78, 5) is 27.1. The van der Waals surface area contributed by atoms with E-state index in [2.05, 4.69) is 21.2 Å². The second-order valence-electron chi connectivity index (χ2n) is 7.24. The Bertz CT molecular complexity index is 824. The molecular formula is C24H31BrN2O4. The molecule has 31 heavy (non-hydrogen) atoms. The summed E-state index contributed by atoms with van der Waals surface area (Å²) in [6.45, 7) is 5.17. The highest BCUT2D eigenvalue weighted by Gasteiger charge is 2.25. The molecule has 1 atom stereocenters. The fourth-order valence-corrected chi connectivity index (χ4v) is 3.26. The second-order valence-corrected chi connectivity index (χ2v) is 8.16. The van der Waals surface area contributed by atoms with E-state index < -0.39 is 6.04 Å². The van der Waals surface area contributed by atoms with E-state index in [1.54, 1.807) is 18.9 Å². The van der Waals surface area contributed by atoms with E-state index >= 15 is 0 Å². The Hall–Kier alpha value is -2.54. The zero-order valence-corrected chi connectivity index (χ0v) is 20.0. The Labute approximate surface area is 193 Å². The van der Waals surface area contributed by atoms with Crippen molar-refractivity contribution in [1.82, 2.24) is 10.2 Å². The van der Waals surface area contributed by atoms with E-state index in [0.717, 1.165) is 28.0 Å². The van der Waals surface area contributed by atoms with E-state index in [1.165, 1.54) is 0 Å². The van der Waals surface area contributed by atoms with Gasteiger partial charge in [0.15, 0.2) is 0 Å². The molecule has 7 heteroatoms. The monoisotopic (exact) mass is 490 g/mol. The van der Waals surface area contributed by atoms with Crippen LogP contribution in [-0.2, 0) is 16.1 Å². The maximum absolute atomic E-state index is 13.0. The van der Waals surface area contributed by atoms with Crippen LogP contribution in [0.15, 0.2) is 53.0 Å². The van der Waals surface area contributed by atoms with Gasteiger partial charge in [0.2, 0.25) is 11.8 Å². The van der Waals surface area contributed by atoms with Gasteiger partial charge in [-0.15, -0.1) is 0 Å². The van der Waals surface area contributed by atoms with Crippen LogP contribution in [-0.4, -0.2) is 43.0 Å². The van der Waals surface area contributed by atoms with Crippen molar-refractivity contribution in [2.24, 2.45) is 0 Å². The number of hydrogen-bond acceptors (Lipinski definition) is 4. The van der Waals surface area contributed by atoms with Crippen molar-refractivity contribution in [3.05, 3.63) is 58.6 Å². The Morgan fingerprint density at radius 3 is 2.32 bits per heavy atom. The summed E-state index contributed by atoms with van der Waals surface area (Å²) in [5, 5.41) is 2.89. The summed E-state index contributed by atoms with van der Waals surface area (Å²) in [5.74, 6) is 1.29. The number of hydrogen-bond donors (Lipinski definition) is 1. The normalized spacial score (nSPS) is 11.5. The lowest BCUT2D eigenvalue weighted by Crippen LogP contribution is -2.47. The van der Waals surface area contributed by atoms with Gasteiger partial charge in [-0.1, -0.05) is 35.0 Å². The van der Waals surface area contributed by atoms with Crippen LogP contribution in [0, 0.1) is 0 Å². The van der Waals surface area contributed by atoms with Gasteiger partial charge in [0.1, 0.15) is 17.5 Å². The summed E-state index contributed by atoms with van der Waals surface area (Å²) in [6, 6.07) is 14.5. The number of methoxy groups -OCH3 is 1. The van der Waals surface area contributed by atoms with Crippen LogP contribution in [0.4, 0.5) is 0 Å². The number of ether oxygens (including phenoxy) is 2. The van der Waals surface area contributed by atoms with Crippen molar-refractivity contribution < 1.29 is 19.1 Å². The first kappa shape index (κ1) is 24.7. The summed E-state index contributed by atoms with van der Waals surface area (Å²) in [6.07, 6.45) is 1.71. The zero-order valence-electron chi connectivity index (χ0n) is 18.4. The molecule has 0 saturated heterocycles. The third kappa shape index (κ3) is 8.25. The SMILES string of the molecule is CCCNC(=O)C(C)N(Cc1ccc(Br)cc1)C(=O)CCCOc1ccc(OC)cc1. The average Bonchev–Trinajstić information content (AvgIpc) is 2.79. The van der Waals surface area contributed by atoms with Crippen molar-refractivity contribution in [1.29, 1.82) is 0 Å². The fraction of sp³-hybridized carbons (Fsp3) is 0.417. The molecule has 168 valence electrons. The largest absolute Gasteiger partial charge is 0.497 e. The predicted molar refractivity (Wildman–Crippen MR) is 125 cm³/mol. The second kappa shape index (κ2) is 13.0. The molecule has 0 aliphatic carbocycles. The number of amides is 2. The van der Waals surface area contributed by atoms with Crippen molar-refractivity contribution in [2.45, 2.75) is 45.7 Å². The van der Waals surface area contributed by atoms with E-state index in [4.69, 9.17) is 9.47 Å². The molecule has 1 unspecified atom stereocenters. The van der Waals surface area contributed by atoms with Crippen LogP contribution in [0.3, 0.4) is 0 Å². The van der Waals surface area contributed by atoms with Gasteiger partial charge < -0.3 is 19.7 Å². The summed E-state index contributed by atoms with van der Waals surface area (Å²) >= 11 is 3.43.